The van der Waals surface area contributed by atoms with Gasteiger partial charge in [-0.25, -0.2) is 0 Å². The number of hydrogen-bond acceptors (Lipinski definition) is 2. The minimum atomic E-state index is -0.189. The lowest BCUT2D eigenvalue weighted by molar-refractivity contribution is -0.115. The van der Waals surface area contributed by atoms with Crippen LogP contribution in [0.4, 0.5) is 5.69 Å². The van der Waals surface area contributed by atoms with Crippen molar-refractivity contribution in [1.29, 1.82) is 0 Å². The topological polar surface area (TPSA) is 62.0 Å². The summed E-state index contributed by atoms with van der Waals surface area (Å²) in [6, 6.07) is 1.39. The maximum Gasteiger partial charge on any atom is 0.250 e. The van der Waals surface area contributed by atoms with Crippen LogP contribution in [0.3, 0.4) is 0 Å². The van der Waals surface area contributed by atoms with E-state index in [1.54, 1.807) is 6.20 Å². The molecule has 1 amide bonds. The molecule has 0 saturated carbocycles. The van der Waals surface area contributed by atoms with Crippen LogP contribution in [-0.4, -0.2) is 10.9 Å². The largest absolute Gasteiger partial charge is 0.329 e. The Morgan fingerprint density at radius 2 is 2.18 bits per heavy atom. The molecule has 0 aliphatic carbocycles. The third-order valence-electron chi connectivity index (χ3n) is 1.64. The van der Waals surface area contributed by atoms with Crippen LogP contribution < -0.4 is 10.9 Å². The first-order valence-corrected chi connectivity index (χ1v) is 3.27. The van der Waals surface area contributed by atoms with Gasteiger partial charge in [0.2, 0.25) is 11.5 Å². The van der Waals surface area contributed by atoms with Gasteiger partial charge in [0.25, 0.3) is 0 Å². The van der Waals surface area contributed by atoms with Crippen molar-refractivity contribution in [2.24, 2.45) is 0 Å². The molecule has 2 rings (SSSR count). The number of hydrogen-bond donors (Lipinski definition) is 2. The second-order valence-corrected chi connectivity index (χ2v) is 2.46. The number of nitrogens with one attached hydrogen (secondary N) is 2. The summed E-state index contributed by atoms with van der Waals surface area (Å²) in [5.41, 5.74) is 1.30. The van der Waals surface area contributed by atoms with Gasteiger partial charge in [0, 0.05) is 17.8 Å². The molecule has 11 heavy (non-hydrogen) atoms. The molecule has 1 aliphatic rings. The van der Waals surface area contributed by atoms with Crippen molar-refractivity contribution in [2.75, 3.05) is 5.32 Å². The highest BCUT2D eigenvalue weighted by Gasteiger charge is 2.16. The summed E-state index contributed by atoms with van der Waals surface area (Å²) in [6.07, 6.45) is 1.93. The molecule has 0 radical (unpaired) electrons. The second kappa shape index (κ2) is 1.95. The number of aromatic amines is 1. The van der Waals surface area contributed by atoms with E-state index < -0.39 is 0 Å². The Labute approximate surface area is 62.2 Å². The van der Waals surface area contributed by atoms with Gasteiger partial charge in [-0.1, -0.05) is 0 Å². The van der Waals surface area contributed by atoms with Gasteiger partial charge in [-0.2, -0.15) is 0 Å². The Bertz CT molecular complexity index is 367. The molecule has 4 nitrogen and oxygen atoms in total. The van der Waals surface area contributed by atoms with Crippen molar-refractivity contribution in [3.63, 3.8) is 0 Å². The molecule has 1 aromatic rings. The van der Waals surface area contributed by atoms with Crippen molar-refractivity contribution in [2.45, 2.75) is 6.42 Å². The lowest BCUT2D eigenvalue weighted by Gasteiger charge is -1.93. The third-order valence-corrected chi connectivity index (χ3v) is 1.64. The molecule has 1 aromatic heterocycles. The zero-order valence-corrected chi connectivity index (χ0v) is 5.68. The van der Waals surface area contributed by atoms with E-state index >= 15 is 0 Å². The van der Waals surface area contributed by atoms with Gasteiger partial charge >= 0.3 is 0 Å². The molecule has 0 unspecified atom stereocenters. The molecule has 0 atom stereocenters. The summed E-state index contributed by atoms with van der Waals surface area (Å²) in [7, 11) is 0. The first-order valence-electron chi connectivity index (χ1n) is 3.27. The van der Waals surface area contributed by atoms with Gasteiger partial charge < -0.3 is 10.3 Å². The first-order chi connectivity index (χ1) is 5.25. The number of rotatable bonds is 0. The number of H-pyrrole nitrogens is 1. The van der Waals surface area contributed by atoms with Crippen LogP contribution >= 0.6 is 0 Å². The average Bonchev–Trinajstić information content (AvgIpc) is 2.27. The summed E-state index contributed by atoms with van der Waals surface area (Å²) in [5, 5.41) is 2.58. The summed E-state index contributed by atoms with van der Waals surface area (Å²) in [4.78, 5) is 24.0. The number of pyridine rings is 1. The Kier molecular flexibility index (Phi) is 1.09. The number of fused-ring (bicyclic) bond motifs is 1. The quantitative estimate of drug-likeness (QED) is 0.541. The van der Waals surface area contributed by atoms with Crippen LogP contribution in [-0.2, 0) is 11.2 Å². The van der Waals surface area contributed by atoms with E-state index in [4.69, 9.17) is 0 Å². The number of amides is 1. The third kappa shape index (κ3) is 0.920. The van der Waals surface area contributed by atoms with E-state index in [1.165, 1.54) is 6.07 Å². The van der Waals surface area contributed by atoms with Gasteiger partial charge in [0.1, 0.15) is 0 Å². The van der Waals surface area contributed by atoms with E-state index in [0.717, 1.165) is 5.56 Å². The molecule has 56 valence electrons. The predicted molar refractivity (Wildman–Crippen MR) is 39.4 cm³/mol. The molecule has 2 N–H and O–H groups in total. The summed E-state index contributed by atoms with van der Waals surface area (Å²) < 4.78 is 0. The fourth-order valence-corrected chi connectivity index (χ4v) is 1.13. The molecular formula is C7H6N2O2. The van der Waals surface area contributed by atoms with Crippen LogP contribution in [0.5, 0.6) is 0 Å². The standard InChI is InChI=1S/C7H6N2O2/c10-6-2-5-4(3-8-6)1-7(11)9-5/h2-3H,1H2,(H,8,10)(H,9,11). The monoisotopic (exact) mass is 150 g/mol. The van der Waals surface area contributed by atoms with Crippen LogP contribution in [0.15, 0.2) is 17.1 Å². The van der Waals surface area contributed by atoms with Crippen molar-refractivity contribution in [3.05, 3.63) is 28.2 Å². The van der Waals surface area contributed by atoms with E-state index in [1.807, 2.05) is 0 Å². The van der Waals surface area contributed by atoms with Crippen molar-refractivity contribution in [1.82, 2.24) is 4.98 Å². The average molecular weight is 150 g/mol. The van der Waals surface area contributed by atoms with Crippen LogP contribution in [0.1, 0.15) is 5.56 Å². The highest BCUT2D eigenvalue weighted by atomic mass is 16.2. The Morgan fingerprint density at radius 1 is 1.36 bits per heavy atom. The predicted octanol–water partition coefficient (Wildman–Crippen LogP) is -0.130. The molecule has 0 fully saturated rings. The smallest absolute Gasteiger partial charge is 0.250 e. The minimum Gasteiger partial charge on any atom is -0.329 e. The molecular weight excluding hydrogens is 144 g/mol. The van der Waals surface area contributed by atoms with Crippen LogP contribution in [0, 0.1) is 0 Å². The van der Waals surface area contributed by atoms with Crippen molar-refractivity contribution < 1.29 is 4.79 Å². The van der Waals surface area contributed by atoms with Crippen LogP contribution in [0.25, 0.3) is 0 Å². The van der Waals surface area contributed by atoms with Crippen molar-refractivity contribution in [3.8, 4) is 0 Å². The normalized spacial score (nSPS) is 14.4. The summed E-state index contributed by atoms with van der Waals surface area (Å²) in [6.45, 7) is 0. The maximum atomic E-state index is 10.8. The zero-order valence-electron chi connectivity index (χ0n) is 5.68. The first kappa shape index (κ1) is 6.15. The fourth-order valence-electron chi connectivity index (χ4n) is 1.13. The lowest BCUT2D eigenvalue weighted by Crippen LogP contribution is -2.05. The SMILES string of the molecule is O=C1Cc2c[nH]c(=O)cc2N1. The molecule has 1 aliphatic heterocycles. The molecule has 2 heterocycles. The highest BCUT2D eigenvalue weighted by molar-refractivity contribution is 5.98. The molecule has 0 saturated heterocycles. The highest BCUT2D eigenvalue weighted by Crippen LogP contribution is 2.18. The number of carbonyl (C=O) groups is 1. The number of anilines is 1. The number of carbonyl (C=O) groups excluding carboxylic acids is 1. The molecule has 4 heteroatoms. The Balaban J connectivity index is 2.59. The zero-order chi connectivity index (χ0) is 7.84. The van der Waals surface area contributed by atoms with Gasteiger partial charge in [-0.05, 0) is 0 Å². The van der Waals surface area contributed by atoms with Gasteiger partial charge in [-0.15, -0.1) is 0 Å². The Morgan fingerprint density at radius 3 is 3.00 bits per heavy atom. The molecule has 0 spiro atoms. The summed E-state index contributed by atoms with van der Waals surface area (Å²) >= 11 is 0. The molecule has 0 aromatic carbocycles. The molecule has 0 bridgehead atoms. The van der Waals surface area contributed by atoms with E-state index in [2.05, 4.69) is 10.3 Å². The van der Waals surface area contributed by atoms with E-state index in [-0.39, 0.29) is 11.5 Å². The Hall–Kier alpha value is -1.58. The van der Waals surface area contributed by atoms with Gasteiger partial charge in [0.05, 0.1) is 12.1 Å². The second-order valence-electron chi connectivity index (χ2n) is 2.46. The van der Waals surface area contributed by atoms with Gasteiger partial charge in [-0.3, -0.25) is 9.59 Å². The van der Waals surface area contributed by atoms with E-state index in [0.29, 0.717) is 12.1 Å². The maximum absolute atomic E-state index is 10.8. The lowest BCUT2D eigenvalue weighted by atomic mass is 10.2. The van der Waals surface area contributed by atoms with Gasteiger partial charge in [0.15, 0.2) is 0 Å². The minimum absolute atomic E-state index is 0.0565. The summed E-state index contributed by atoms with van der Waals surface area (Å²) in [5.74, 6) is -0.0565. The van der Waals surface area contributed by atoms with Crippen LogP contribution in [0.2, 0.25) is 0 Å². The number of aromatic nitrogens is 1. The van der Waals surface area contributed by atoms with Crippen molar-refractivity contribution >= 4 is 11.6 Å². The van der Waals surface area contributed by atoms with E-state index in [9.17, 15) is 9.59 Å². The fraction of sp³-hybridized carbons (Fsp3) is 0.143.